The number of piperidine rings is 3. The summed E-state index contributed by atoms with van der Waals surface area (Å²) in [6.07, 6.45) is 2.77. The van der Waals surface area contributed by atoms with Gasteiger partial charge in [-0.1, -0.05) is 0 Å². The molecule has 4 heterocycles. The van der Waals surface area contributed by atoms with Crippen molar-refractivity contribution < 1.29 is 0 Å². The van der Waals surface area contributed by atoms with Crippen molar-refractivity contribution in [3.8, 4) is 0 Å². The molecule has 88 valence electrons. The van der Waals surface area contributed by atoms with Gasteiger partial charge >= 0.3 is 0 Å². The van der Waals surface area contributed by atoms with E-state index in [1.54, 1.807) is 11.3 Å². The van der Waals surface area contributed by atoms with Crippen molar-refractivity contribution in [2.75, 3.05) is 19.6 Å². The second kappa shape index (κ2) is 4.43. The molecule has 3 aliphatic heterocycles. The Hall–Kier alpha value is -0.450. The van der Waals surface area contributed by atoms with E-state index in [9.17, 15) is 0 Å². The molecular formula is C12H19N3S. The van der Waals surface area contributed by atoms with Crippen LogP contribution in [0.2, 0.25) is 0 Å². The topological polar surface area (TPSA) is 28.2 Å². The molecule has 1 atom stereocenters. The molecular weight excluding hydrogens is 218 g/mol. The maximum Gasteiger partial charge on any atom is 0.107 e. The lowest BCUT2D eigenvalue weighted by molar-refractivity contribution is 0.0720. The fourth-order valence-corrected chi connectivity index (χ4v) is 3.62. The summed E-state index contributed by atoms with van der Waals surface area (Å²) >= 11 is 1.77. The SMILES string of the molecule is Cc1csc(CN[C@@H]2CN3CCC2CC3)n1. The van der Waals surface area contributed by atoms with Crippen LogP contribution in [0.3, 0.4) is 0 Å². The molecule has 0 unspecified atom stereocenters. The quantitative estimate of drug-likeness (QED) is 0.866. The molecule has 3 fully saturated rings. The number of hydrogen-bond donors (Lipinski definition) is 1. The van der Waals surface area contributed by atoms with Gasteiger partial charge in [0.05, 0.1) is 0 Å². The Bertz CT molecular complexity index is 355. The maximum atomic E-state index is 4.50. The van der Waals surface area contributed by atoms with Gasteiger partial charge in [0.2, 0.25) is 0 Å². The fourth-order valence-electron chi connectivity index (χ4n) is 2.90. The predicted octanol–water partition coefficient (Wildman–Crippen LogP) is 1.64. The Morgan fingerprint density at radius 2 is 2.31 bits per heavy atom. The van der Waals surface area contributed by atoms with Gasteiger partial charge in [-0.3, -0.25) is 0 Å². The van der Waals surface area contributed by atoms with Gasteiger partial charge in [0.1, 0.15) is 5.01 Å². The Balaban J connectivity index is 1.55. The minimum absolute atomic E-state index is 0.701. The molecule has 1 aromatic heterocycles. The summed E-state index contributed by atoms with van der Waals surface area (Å²) < 4.78 is 0. The van der Waals surface area contributed by atoms with E-state index in [4.69, 9.17) is 0 Å². The van der Waals surface area contributed by atoms with E-state index >= 15 is 0 Å². The number of nitrogens with zero attached hydrogens (tertiary/aromatic N) is 2. The summed E-state index contributed by atoms with van der Waals surface area (Å²) in [5.41, 5.74) is 1.15. The number of aryl methyl sites for hydroxylation is 1. The lowest BCUT2D eigenvalue weighted by Crippen LogP contribution is -2.55. The summed E-state index contributed by atoms with van der Waals surface area (Å²) in [5.74, 6) is 0.908. The van der Waals surface area contributed by atoms with Crippen molar-refractivity contribution >= 4 is 11.3 Å². The van der Waals surface area contributed by atoms with E-state index in [0.29, 0.717) is 6.04 Å². The van der Waals surface area contributed by atoms with Crippen LogP contribution in [0.15, 0.2) is 5.38 Å². The number of aromatic nitrogens is 1. The van der Waals surface area contributed by atoms with Gasteiger partial charge in [0, 0.05) is 30.2 Å². The lowest BCUT2D eigenvalue weighted by atomic mass is 9.84. The van der Waals surface area contributed by atoms with Crippen molar-refractivity contribution in [3.05, 3.63) is 16.1 Å². The van der Waals surface area contributed by atoms with E-state index < -0.39 is 0 Å². The number of hydrogen-bond acceptors (Lipinski definition) is 4. The summed E-state index contributed by atoms with van der Waals surface area (Å²) in [5, 5.41) is 7.05. The third kappa shape index (κ3) is 2.14. The van der Waals surface area contributed by atoms with Gasteiger partial charge in [-0.05, 0) is 38.8 Å². The van der Waals surface area contributed by atoms with Gasteiger partial charge < -0.3 is 10.2 Å². The van der Waals surface area contributed by atoms with E-state index in [1.165, 1.54) is 37.5 Å². The van der Waals surface area contributed by atoms with Gasteiger partial charge in [-0.2, -0.15) is 0 Å². The second-order valence-corrected chi connectivity index (χ2v) is 5.95. The molecule has 3 aliphatic rings. The molecule has 16 heavy (non-hydrogen) atoms. The molecule has 0 amide bonds. The van der Waals surface area contributed by atoms with Crippen molar-refractivity contribution in [3.63, 3.8) is 0 Å². The van der Waals surface area contributed by atoms with Crippen LogP contribution in [0.1, 0.15) is 23.5 Å². The lowest BCUT2D eigenvalue weighted by Gasteiger charge is -2.45. The van der Waals surface area contributed by atoms with Crippen molar-refractivity contribution in [2.24, 2.45) is 5.92 Å². The first kappa shape index (κ1) is 10.7. The molecule has 0 radical (unpaired) electrons. The number of thiazole rings is 1. The van der Waals surface area contributed by atoms with E-state index in [0.717, 1.165) is 18.2 Å². The molecule has 0 aromatic carbocycles. The Morgan fingerprint density at radius 1 is 1.50 bits per heavy atom. The van der Waals surface area contributed by atoms with Crippen LogP contribution < -0.4 is 5.32 Å². The molecule has 0 aliphatic carbocycles. The first-order valence-electron chi connectivity index (χ1n) is 6.18. The van der Waals surface area contributed by atoms with Crippen LogP contribution in [0.25, 0.3) is 0 Å². The highest BCUT2D eigenvalue weighted by Crippen LogP contribution is 2.27. The highest BCUT2D eigenvalue weighted by atomic mass is 32.1. The van der Waals surface area contributed by atoms with Crippen LogP contribution in [-0.2, 0) is 6.54 Å². The van der Waals surface area contributed by atoms with Crippen LogP contribution in [0.5, 0.6) is 0 Å². The average molecular weight is 237 g/mol. The smallest absolute Gasteiger partial charge is 0.107 e. The zero-order valence-corrected chi connectivity index (χ0v) is 10.6. The highest BCUT2D eigenvalue weighted by Gasteiger charge is 2.33. The molecule has 4 heteroatoms. The first-order chi connectivity index (χ1) is 7.81. The van der Waals surface area contributed by atoms with E-state index in [1.807, 2.05) is 0 Å². The summed E-state index contributed by atoms with van der Waals surface area (Å²) in [6, 6.07) is 0.701. The average Bonchev–Trinajstić information content (AvgIpc) is 2.74. The van der Waals surface area contributed by atoms with E-state index in [-0.39, 0.29) is 0 Å². The Morgan fingerprint density at radius 3 is 2.88 bits per heavy atom. The summed E-state index contributed by atoms with van der Waals surface area (Å²) in [4.78, 5) is 7.09. The molecule has 4 rings (SSSR count). The van der Waals surface area contributed by atoms with Crippen LogP contribution in [0, 0.1) is 12.8 Å². The number of rotatable bonds is 3. The largest absolute Gasteiger partial charge is 0.306 e. The third-order valence-corrected chi connectivity index (χ3v) is 4.80. The van der Waals surface area contributed by atoms with Crippen LogP contribution in [0.4, 0.5) is 0 Å². The van der Waals surface area contributed by atoms with Gasteiger partial charge in [-0.15, -0.1) is 11.3 Å². The maximum absolute atomic E-state index is 4.50. The molecule has 3 nitrogen and oxygen atoms in total. The molecule has 0 saturated carbocycles. The minimum Gasteiger partial charge on any atom is -0.306 e. The van der Waals surface area contributed by atoms with Gasteiger partial charge in [-0.25, -0.2) is 4.98 Å². The molecule has 2 bridgehead atoms. The Kier molecular flexibility index (Phi) is 2.96. The molecule has 0 spiro atoms. The summed E-state index contributed by atoms with van der Waals surface area (Å²) in [6.45, 7) is 6.90. The second-order valence-electron chi connectivity index (χ2n) is 5.01. The van der Waals surface area contributed by atoms with E-state index in [2.05, 4.69) is 27.5 Å². The third-order valence-electron chi connectivity index (χ3n) is 3.84. The van der Waals surface area contributed by atoms with Crippen LogP contribution in [-0.4, -0.2) is 35.6 Å². The molecule has 1 aromatic rings. The van der Waals surface area contributed by atoms with Crippen LogP contribution >= 0.6 is 11.3 Å². The standard InChI is InChI=1S/C12H19N3S/c1-9-8-16-12(14-9)6-13-11-7-15-4-2-10(11)3-5-15/h8,10-11,13H,2-7H2,1H3/t11-/m1/s1. The van der Waals surface area contributed by atoms with Crippen molar-refractivity contribution in [2.45, 2.75) is 32.4 Å². The number of fused-ring (bicyclic) bond motifs is 3. The highest BCUT2D eigenvalue weighted by molar-refractivity contribution is 7.09. The zero-order chi connectivity index (χ0) is 11.0. The van der Waals surface area contributed by atoms with Crippen molar-refractivity contribution in [1.29, 1.82) is 0 Å². The summed E-state index contributed by atoms with van der Waals surface area (Å²) in [7, 11) is 0. The zero-order valence-electron chi connectivity index (χ0n) is 9.78. The van der Waals surface area contributed by atoms with Gasteiger partial charge in [0.25, 0.3) is 0 Å². The predicted molar refractivity (Wildman–Crippen MR) is 66.6 cm³/mol. The fraction of sp³-hybridized carbons (Fsp3) is 0.750. The normalized spacial score (nSPS) is 33.2. The van der Waals surface area contributed by atoms with Gasteiger partial charge in [0.15, 0.2) is 0 Å². The number of nitrogens with one attached hydrogen (secondary N) is 1. The van der Waals surface area contributed by atoms with Crippen molar-refractivity contribution in [1.82, 2.24) is 15.2 Å². The monoisotopic (exact) mass is 237 g/mol. The minimum atomic E-state index is 0.701. The first-order valence-corrected chi connectivity index (χ1v) is 7.06. The Labute approximate surface area is 101 Å². The molecule has 3 saturated heterocycles. The molecule has 1 N–H and O–H groups in total.